The number of methoxy groups -OCH3 is 1. The van der Waals surface area contributed by atoms with Gasteiger partial charge >= 0.3 is 5.97 Å². The molecule has 11 heteroatoms. The van der Waals surface area contributed by atoms with Crippen molar-refractivity contribution in [3.8, 4) is 0 Å². The Bertz CT molecular complexity index is 951. The summed E-state index contributed by atoms with van der Waals surface area (Å²) in [4.78, 5) is 52.5. The highest BCUT2D eigenvalue weighted by atomic mass is 35.5. The second kappa shape index (κ2) is 10.3. The van der Waals surface area contributed by atoms with Crippen molar-refractivity contribution in [2.24, 2.45) is 0 Å². The zero-order chi connectivity index (χ0) is 22.5. The fourth-order valence-corrected chi connectivity index (χ4v) is 4.65. The van der Waals surface area contributed by atoms with Gasteiger partial charge in [-0.25, -0.2) is 0 Å². The van der Waals surface area contributed by atoms with Crippen LogP contribution in [0, 0.1) is 0 Å². The van der Waals surface area contributed by atoms with E-state index in [-0.39, 0.29) is 37.7 Å². The van der Waals surface area contributed by atoms with Gasteiger partial charge in [0.15, 0.2) is 0 Å². The average molecular weight is 482 g/mol. The Labute approximate surface area is 193 Å². The van der Waals surface area contributed by atoms with Crippen LogP contribution in [0.5, 0.6) is 0 Å². The van der Waals surface area contributed by atoms with Gasteiger partial charge in [-0.1, -0.05) is 47.7 Å². The van der Waals surface area contributed by atoms with E-state index in [1.807, 2.05) is 0 Å². The minimum atomic E-state index is -0.926. The predicted molar refractivity (Wildman–Crippen MR) is 121 cm³/mol. The molecule has 2 aliphatic rings. The molecule has 2 fully saturated rings. The van der Waals surface area contributed by atoms with Crippen LogP contribution in [0.3, 0.4) is 0 Å². The first-order valence-electron chi connectivity index (χ1n) is 9.45. The molecule has 3 amide bonds. The monoisotopic (exact) mass is 481 g/mol. The molecule has 1 N–H and O–H groups in total. The summed E-state index contributed by atoms with van der Waals surface area (Å²) in [5.41, 5.74) is 0.811. The molecule has 1 aromatic rings. The van der Waals surface area contributed by atoms with Gasteiger partial charge in [-0.15, -0.1) is 0 Å². The Kier molecular flexibility index (Phi) is 7.69. The second-order valence-corrected chi connectivity index (χ2v) is 8.92. The molecule has 0 aromatic heterocycles. The van der Waals surface area contributed by atoms with Crippen molar-refractivity contribution < 1.29 is 23.9 Å². The maximum Gasteiger partial charge on any atom is 0.308 e. The van der Waals surface area contributed by atoms with Gasteiger partial charge in [-0.05, 0) is 23.8 Å². The third-order valence-corrected chi connectivity index (χ3v) is 6.46. The van der Waals surface area contributed by atoms with Gasteiger partial charge in [0, 0.05) is 31.1 Å². The first-order valence-corrected chi connectivity index (χ1v) is 11.1. The molecule has 0 bridgehead atoms. The van der Waals surface area contributed by atoms with E-state index in [0.717, 1.165) is 5.56 Å². The largest absolute Gasteiger partial charge is 0.469 e. The number of amides is 3. The summed E-state index contributed by atoms with van der Waals surface area (Å²) in [5, 5.41) is 3.24. The standard InChI is InChI=1S/C20H20ClN3O5S2/c1-29-17(26)11-14-18(27)22-7-9-23(14)16(25)6-8-24-19(28)15(31-20(24)30)10-12-2-4-13(21)5-3-12/h2-5,10,14H,6-9,11H2,1H3,(H,22,27)/b15-10+/t14-/m0/s1. The van der Waals surface area contributed by atoms with E-state index >= 15 is 0 Å². The third-order valence-electron chi connectivity index (χ3n) is 4.83. The van der Waals surface area contributed by atoms with Gasteiger partial charge in [-0.2, -0.15) is 0 Å². The SMILES string of the molecule is COC(=O)C[C@H]1C(=O)NCCN1C(=O)CCN1C(=O)/C(=C\c2ccc(Cl)cc2)SC1=S. The average Bonchev–Trinajstić information content (AvgIpc) is 3.01. The number of halogens is 1. The number of hydrogen-bond donors (Lipinski definition) is 1. The molecule has 164 valence electrons. The van der Waals surface area contributed by atoms with Crippen LogP contribution in [0.4, 0.5) is 0 Å². The van der Waals surface area contributed by atoms with Crippen molar-refractivity contribution in [2.45, 2.75) is 18.9 Å². The zero-order valence-electron chi connectivity index (χ0n) is 16.6. The van der Waals surface area contributed by atoms with Crippen LogP contribution >= 0.6 is 35.6 Å². The molecule has 2 heterocycles. The van der Waals surface area contributed by atoms with Crippen LogP contribution < -0.4 is 5.32 Å². The molecule has 3 rings (SSSR count). The third kappa shape index (κ3) is 5.63. The summed E-state index contributed by atoms with van der Waals surface area (Å²) < 4.78 is 4.98. The second-order valence-electron chi connectivity index (χ2n) is 6.81. The van der Waals surface area contributed by atoms with Crippen LogP contribution in [-0.2, 0) is 23.9 Å². The number of rotatable bonds is 6. The normalized spacial score (nSPS) is 20.3. The van der Waals surface area contributed by atoms with Gasteiger partial charge in [-0.3, -0.25) is 24.1 Å². The molecule has 0 aliphatic carbocycles. The topological polar surface area (TPSA) is 96.0 Å². The van der Waals surface area contributed by atoms with Crippen LogP contribution in [0.1, 0.15) is 18.4 Å². The number of carbonyl (C=O) groups is 4. The quantitative estimate of drug-likeness (QED) is 0.376. The van der Waals surface area contributed by atoms with E-state index in [9.17, 15) is 19.2 Å². The smallest absolute Gasteiger partial charge is 0.308 e. The maximum atomic E-state index is 12.8. The molecular weight excluding hydrogens is 462 g/mol. The number of nitrogens with one attached hydrogen (secondary N) is 1. The van der Waals surface area contributed by atoms with Crippen LogP contribution in [0.15, 0.2) is 29.2 Å². The Hall–Kier alpha value is -2.43. The Morgan fingerprint density at radius 2 is 2.03 bits per heavy atom. The highest BCUT2D eigenvalue weighted by molar-refractivity contribution is 8.26. The molecule has 0 radical (unpaired) electrons. The highest BCUT2D eigenvalue weighted by Gasteiger charge is 2.36. The lowest BCUT2D eigenvalue weighted by Gasteiger charge is -2.34. The van der Waals surface area contributed by atoms with Crippen molar-refractivity contribution in [3.05, 3.63) is 39.8 Å². The maximum absolute atomic E-state index is 12.8. The van der Waals surface area contributed by atoms with E-state index in [1.54, 1.807) is 30.3 Å². The van der Waals surface area contributed by atoms with E-state index in [1.165, 1.54) is 28.7 Å². The minimum Gasteiger partial charge on any atom is -0.469 e. The van der Waals surface area contributed by atoms with E-state index < -0.39 is 17.9 Å². The van der Waals surface area contributed by atoms with E-state index in [0.29, 0.717) is 20.8 Å². The van der Waals surface area contributed by atoms with Gasteiger partial charge in [0.05, 0.1) is 18.4 Å². The molecule has 1 atom stereocenters. The molecule has 1 aromatic carbocycles. The van der Waals surface area contributed by atoms with E-state index in [4.69, 9.17) is 23.8 Å². The molecule has 0 spiro atoms. The first-order chi connectivity index (χ1) is 14.8. The number of carbonyl (C=O) groups excluding carboxylic acids is 4. The summed E-state index contributed by atoms with van der Waals surface area (Å²) in [5.74, 6) is -1.59. The fourth-order valence-electron chi connectivity index (χ4n) is 3.21. The Morgan fingerprint density at radius 1 is 1.32 bits per heavy atom. The van der Waals surface area contributed by atoms with Crippen LogP contribution in [-0.4, -0.2) is 70.6 Å². The number of piperazine rings is 1. The molecule has 2 aliphatic heterocycles. The summed E-state index contributed by atoms with van der Waals surface area (Å²) >= 11 is 12.4. The van der Waals surface area contributed by atoms with Crippen molar-refractivity contribution in [2.75, 3.05) is 26.7 Å². The lowest BCUT2D eigenvalue weighted by atomic mass is 10.1. The lowest BCUT2D eigenvalue weighted by Crippen LogP contribution is -2.58. The Balaban J connectivity index is 1.64. The molecule has 0 unspecified atom stereocenters. The summed E-state index contributed by atoms with van der Waals surface area (Å²) in [6.07, 6.45) is 1.48. The van der Waals surface area contributed by atoms with Crippen LogP contribution in [0.2, 0.25) is 5.02 Å². The van der Waals surface area contributed by atoms with Crippen molar-refractivity contribution in [1.82, 2.24) is 15.1 Å². The molecule has 0 saturated carbocycles. The summed E-state index contributed by atoms with van der Waals surface area (Å²) in [6.45, 7) is 0.665. The van der Waals surface area contributed by atoms with Gasteiger partial charge < -0.3 is 15.0 Å². The predicted octanol–water partition coefficient (Wildman–Crippen LogP) is 1.82. The van der Waals surface area contributed by atoms with Crippen molar-refractivity contribution in [3.63, 3.8) is 0 Å². The number of ether oxygens (including phenoxy) is 1. The molecule has 2 saturated heterocycles. The summed E-state index contributed by atoms with van der Waals surface area (Å²) in [7, 11) is 1.22. The number of hydrogen-bond acceptors (Lipinski definition) is 7. The fraction of sp³-hybridized carbons (Fsp3) is 0.350. The zero-order valence-corrected chi connectivity index (χ0v) is 19.0. The number of thioether (sulfide) groups is 1. The van der Waals surface area contributed by atoms with Crippen LogP contribution in [0.25, 0.3) is 6.08 Å². The van der Waals surface area contributed by atoms with Gasteiger partial charge in [0.1, 0.15) is 10.4 Å². The number of nitrogens with zero attached hydrogens (tertiary/aromatic N) is 2. The van der Waals surface area contributed by atoms with E-state index in [2.05, 4.69) is 10.1 Å². The highest BCUT2D eigenvalue weighted by Crippen LogP contribution is 2.32. The van der Waals surface area contributed by atoms with Gasteiger partial charge in [0.25, 0.3) is 5.91 Å². The van der Waals surface area contributed by atoms with Crippen molar-refractivity contribution >= 4 is 69.7 Å². The number of esters is 1. The molecule has 8 nitrogen and oxygen atoms in total. The van der Waals surface area contributed by atoms with Crippen molar-refractivity contribution in [1.29, 1.82) is 0 Å². The number of benzene rings is 1. The lowest BCUT2D eigenvalue weighted by molar-refractivity contribution is -0.150. The molecular formula is C20H20ClN3O5S2. The van der Waals surface area contributed by atoms with Gasteiger partial charge in [0.2, 0.25) is 11.8 Å². The first kappa shape index (κ1) is 23.2. The molecule has 31 heavy (non-hydrogen) atoms. The minimum absolute atomic E-state index is 0.0222. The Morgan fingerprint density at radius 3 is 2.71 bits per heavy atom. The number of thiocarbonyl (C=S) groups is 1. The summed E-state index contributed by atoms with van der Waals surface area (Å²) in [6, 6.07) is 6.12.